The molecule has 0 aliphatic rings. The van der Waals surface area contributed by atoms with Crippen LogP contribution in [0.1, 0.15) is 19.5 Å². The van der Waals surface area contributed by atoms with Gasteiger partial charge >= 0.3 is 0 Å². The van der Waals surface area contributed by atoms with Crippen molar-refractivity contribution in [1.82, 2.24) is 14.8 Å². The van der Waals surface area contributed by atoms with Crippen LogP contribution in [0.2, 0.25) is 5.15 Å². The molecule has 0 atom stereocenters. The molecule has 0 aliphatic carbocycles. The van der Waals surface area contributed by atoms with Gasteiger partial charge in [-0.3, -0.25) is 9.67 Å². The number of aryl methyl sites for hydroxylation is 1. The maximum absolute atomic E-state index is 12.7. The first kappa shape index (κ1) is 14.0. The molecule has 2 heterocycles. The molecule has 0 fully saturated rings. The first-order chi connectivity index (χ1) is 8.76. The summed E-state index contributed by atoms with van der Waals surface area (Å²) in [5, 5.41) is 3.85. The molecule has 5 nitrogen and oxygen atoms in total. The van der Waals surface area contributed by atoms with E-state index in [0.717, 1.165) is 0 Å². The summed E-state index contributed by atoms with van der Waals surface area (Å²) in [6.45, 7) is 3.21. The van der Waals surface area contributed by atoms with E-state index in [1.165, 1.54) is 10.9 Å². The van der Waals surface area contributed by atoms with E-state index in [9.17, 15) is 8.42 Å². The van der Waals surface area contributed by atoms with Crippen LogP contribution in [0.15, 0.2) is 35.5 Å². The van der Waals surface area contributed by atoms with Crippen molar-refractivity contribution in [3.8, 4) is 0 Å². The number of halogens is 1. The molecule has 0 amide bonds. The number of hydrogen-bond acceptors (Lipinski definition) is 4. The summed E-state index contributed by atoms with van der Waals surface area (Å²) in [4.78, 5) is 4.15. The predicted octanol–water partition coefficient (Wildman–Crippen LogP) is 2.18. The zero-order valence-electron chi connectivity index (χ0n) is 10.8. The first-order valence-corrected chi connectivity index (χ1v) is 7.48. The van der Waals surface area contributed by atoms with Crippen molar-refractivity contribution >= 4 is 21.4 Å². The minimum atomic E-state index is -3.68. The Bertz CT molecular complexity index is 693. The molecule has 0 N–H and O–H groups in total. The van der Waals surface area contributed by atoms with Crippen molar-refractivity contribution in [3.63, 3.8) is 0 Å². The molecule has 0 saturated heterocycles. The Balaban J connectivity index is 2.59. The molecule has 2 aromatic heterocycles. The van der Waals surface area contributed by atoms with Gasteiger partial charge in [-0.25, -0.2) is 8.42 Å². The van der Waals surface area contributed by atoms with Crippen LogP contribution < -0.4 is 0 Å². The van der Waals surface area contributed by atoms with Crippen molar-refractivity contribution in [3.05, 3.63) is 41.4 Å². The topological polar surface area (TPSA) is 64.8 Å². The fourth-order valence-electron chi connectivity index (χ4n) is 1.75. The van der Waals surface area contributed by atoms with Crippen LogP contribution in [0.4, 0.5) is 0 Å². The maximum atomic E-state index is 12.7. The van der Waals surface area contributed by atoms with E-state index in [4.69, 9.17) is 11.6 Å². The smallest absolute Gasteiger partial charge is 0.193 e. The third-order valence-electron chi connectivity index (χ3n) is 3.00. The van der Waals surface area contributed by atoms with Gasteiger partial charge in [-0.1, -0.05) is 17.7 Å². The van der Waals surface area contributed by atoms with Crippen LogP contribution in [0.5, 0.6) is 0 Å². The van der Waals surface area contributed by atoms with Gasteiger partial charge in [0.05, 0.1) is 5.69 Å². The van der Waals surface area contributed by atoms with Gasteiger partial charge in [-0.15, -0.1) is 0 Å². The van der Waals surface area contributed by atoms with E-state index in [-0.39, 0.29) is 10.0 Å². The van der Waals surface area contributed by atoms with Crippen molar-refractivity contribution in [2.75, 3.05) is 0 Å². The minimum absolute atomic E-state index is 0.0207. The Hall–Kier alpha value is -1.40. The Morgan fingerprint density at radius 3 is 2.47 bits per heavy atom. The van der Waals surface area contributed by atoms with E-state index in [1.54, 1.807) is 45.3 Å². The van der Waals surface area contributed by atoms with Crippen LogP contribution in [0.25, 0.3) is 0 Å². The summed E-state index contributed by atoms with van der Waals surface area (Å²) in [6, 6.07) is 5.18. The van der Waals surface area contributed by atoms with Gasteiger partial charge in [0.25, 0.3) is 0 Å². The Labute approximate surface area is 117 Å². The predicted molar refractivity (Wildman–Crippen MR) is 72.7 cm³/mol. The monoisotopic (exact) mass is 299 g/mol. The van der Waals surface area contributed by atoms with Gasteiger partial charge in [0.1, 0.15) is 9.64 Å². The highest BCUT2D eigenvalue weighted by Gasteiger charge is 2.40. The second-order valence-electron chi connectivity index (χ2n) is 4.69. The molecule has 7 heteroatoms. The number of sulfone groups is 1. The fourth-order valence-corrected chi connectivity index (χ4v) is 3.72. The van der Waals surface area contributed by atoms with Gasteiger partial charge in [0.2, 0.25) is 0 Å². The molecule has 0 aliphatic heterocycles. The first-order valence-electron chi connectivity index (χ1n) is 5.62. The van der Waals surface area contributed by atoms with E-state index < -0.39 is 14.6 Å². The summed E-state index contributed by atoms with van der Waals surface area (Å²) in [5.41, 5.74) is 0.468. The zero-order valence-corrected chi connectivity index (χ0v) is 12.4. The standard InChI is InChI=1S/C12H14ClN3O2S/c1-12(2,10-6-4-5-7-14-10)19(17,18)9-8-16(3)15-11(9)13/h4-8H,1-3H3. The third kappa shape index (κ3) is 2.26. The lowest BCUT2D eigenvalue weighted by molar-refractivity contribution is 0.550. The third-order valence-corrected chi connectivity index (χ3v) is 5.82. The molecule has 0 spiro atoms. The van der Waals surface area contributed by atoms with Crippen molar-refractivity contribution in [2.24, 2.45) is 7.05 Å². The zero-order chi connectivity index (χ0) is 14.3. The fraction of sp³-hybridized carbons (Fsp3) is 0.333. The lowest BCUT2D eigenvalue weighted by Gasteiger charge is -2.23. The highest BCUT2D eigenvalue weighted by molar-refractivity contribution is 7.92. The Kier molecular flexibility index (Phi) is 3.40. The van der Waals surface area contributed by atoms with Crippen LogP contribution in [-0.4, -0.2) is 23.2 Å². The average Bonchev–Trinajstić information content (AvgIpc) is 2.70. The van der Waals surface area contributed by atoms with Gasteiger partial charge in [0, 0.05) is 19.4 Å². The number of hydrogen-bond donors (Lipinski definition) is 0. The van der Waals surface area contributed by atoms with Crippen LogP contribution in [0.3, 0.4) is 0 Å². The molecular formula is C12H14ClN3O2S. The summed E-state index contributed by atoms with van der Waals surface area (Å²) >= 11 is 5.89. The molecule has 0 bridgehead atoms. The van der Waals surface area contributed by atoms with Crippen molar-refractivity contribution in [2.45, 2.75) is 23.5 Å². The van der Waals surface area contributed by atoms with Crippen molar-refractivity contribution in [1.29, 1.82) is 0 Å². The van der Waals surface area contributed by atoms with E-state index in [2.05, 4.69) is 10.1 Å². The van der Waals surface area contributed by atoms with Crippen LogP contribution in [0, 0.1) is 0 Å². The molecule has 2 rings (SSSR count). The minimum Gasteiger partial charge on any atom is -0.273 e. The lowest BCUT2D eigenvalue weighted by Crippen LogP contribution is -2.30. The number of rotatable bonds is 3. The second kappa shape index (κ2) is 4.61. The normalized spacial score (nSPS) is 12.6. The van der Waals surface area contributed by atoms with Crippen molar-refractivity contribution < 1.29 is 8.42 Å². The Morgan fingerprint density at radius 1 is 1.32 bits per heavy atom. The lowest BCUT2D eigenvalue weighted by atomic mass is 10.1. The summed E-state index contributed by atoms with van der Waals surface area (Å²) in [7, 11) is -2.06. The van der Waals surface area contributed by atoms with Crippen LogP contribution >= 0.6 is 11.6 Å². The van der Waals surface area contributed by atoms with E-state index in [1.807, 2.05) is 0 Å². The highest BCUT2D eigenvalue weighted by atomic mass is 35.5. The second-order valence-corrected chi connectivity index (χ2v) is 7.51. The molecule has 0 aromatic carbocycles. The van der Waals surface area contributed by atoms with Gasteiger partial charge in [-0.2, -0.15) is 5.10 Å². The van der Waals surface area contributed by atoms with Gasteiger partial charge in [0.15, 0.2) is 15.0 Å². The summed E-state index contributed by atoms with van der Waals surface area (Å²) in [5.74, 6) is 0. The van der Waals surface area contributed by atoms with Crippen LogP contribution in [-0.2, 0) is 21.6 Å². The van der Waals surface area contributed by atoms with Gasteiger partial charge in [-0.05, 0) is 26.0 Å². The molecule has 102 valence electrons. The molecule has 0 radical (unpaired) electrons. The SMILES string of the molecule is Cn1cc(S(=O)(=O)C(C)(C)c2ccccn2)c(Cl)n1. The molecule has 19 heavy (non-hydrogen) atoms. The van der Waals surface area contributed by atoms with Gasteiger partial charge < -0.3 is 0 Å². The Morgan fingerprint density at radius 2 is 2.00 bits per heavy atom. The van der Waals surface area contributed by atoms with E-state index >= 15 is 0 Å². The number of pyridine rings is 1. The average molecular weight is 300 g/mol. The summed E-state index contributed by atoms with van der Waals surface area (Å²) < 4.78 is 25.6. The molecule has 0 saturated carbocycles. The largest absolute Gasteiger partial charge is 0.273 e. The molecule has 2 aromatic rings. The summed E-state index contributed by atoms with van der Waals surface area (Å²) in [6.07, 6.45) is 2.97. The number of nitrogens with zero attached hydrogens (tertiary/aromatic N) is 3. The molecule has 0 unspecified atom stereocenters. The quantitative estimate of drug-likeness (QED) is 0.871. The van der Waals surface area contributed by atoms with E-state index in [0.29, 0.717) is 5.69 Å². The highest BCUT2D eigenvalue weighted by Crippen LogP contribution is 2.36. The molecular weight excluding hydrogens is 286 g/mol. The maximum Gasteiger partial charge on any atom is 0.193 e. The number of aromatic nitrogens is 3.